The summed E-state index contributed by atoms with van der Waals surface area (Å²) in [6.45, 7) is 3.42. The third kappa shape index (κ3) is 5.72. The smallest absolute Gasteiger partial charge is 0.229 e. The van der Waals surface area contributed by atoms with Gasteiger partial charge in [-0.3, -0.25) is 9.78 Å². The Balaban J connectivity index is 0.00000160. The maximum Gasteiger partial charge on any atom is 0.229 e. The predicted octanol–water partition coefficient (Wildman–Crippen LogP) is 4.97. The van der Waals surface area contributed by atoms with Crippen molar-refractivity contribution in [1.82, 2.24) is 10.3 Å². The van der Waals surface area contributed by atoms with Gasteiger partial charge in [0.2, 0.25) is 5.91 Å². The topological polar surface area (TPSA) is 63.2 Å². The summed E-state index contributed by atoms with van der Waals surface area (Å²) in [6.07, 6.45) is 1.69. The van der Waals surface area contributed by atoms with E-state index in [1.165, 1.54) is 5.56 Å². The van der Waals surface area contributed by atoms with Gasteiger partial charge in [0, 0.05) is 36.5 Å². The lowest BCUT2D eigenvalue weighted by Crippen LogP contribution is -2.28. The lowest BCUT2D eigenvalue weighted by molar-refractivity contribution is -0.119. The number of aromatic nitrogens is 1. The first-order valence-corrected chi connectivity index (χ1v) is 9.46. The van der Waals surface area contributed by atoms with E-state index < -0.39 is 0 Å². The molecule has 1 fully saturated rings. The van der Waals surface area contributed by atoms with Crippen LogP contribution in [0.2, 0.25) is 0 Å². The molecule has 2 N–H and O–H groups in total. The number of benzene rings is 2. The van der Waals surface area contributed by atoms with Gasteiger partial charge in [0.15, 0.2) is 0 Å². The van der Waals surface area contributed by atoms with Crippen molar-refractivity contribution in [2.24, 2.45) is 5.92 Å². The van der Waals surface area contributed by atoms with Crippen molar-refractivity contribution in [1.29, 1.82) is 0 Å². The minimum Gasteiger partial charge on any atom is -0.456 e. The Hall–Kier alpha value is -2.60. The number of carbonyl (C=O) groups is 1. The van der Waals surface area contributed by atoms with Crippen LogP contribution in [0, 0.1) is 12.8 Å². The first kappa shape index (κ1) is 23.7. The van der Waals surface area contributed by atoms with E-state index in [-0.39, 0.29) is 42.6 Å². The zero-order chi connectivity index (χ0) is 19.3. The van der Waals surface area contributed by atoms with Gasteiger partial charge in [0.05, 0.1) is 12.1 Å². The number of anilines is 1. The molecule has 30 heavy (non-hydrogen) atoms. The third-order valence-corrected chi connectivity index (χ3v) is 5.00. The van der Waals surface area contributed by atoms with Gasteiger partial charge >= 0.3 is 0 Å². The molecule has 0 saturated carbocycles. The van der Waals surface area contributed by atoms with Crippen LogP contribution >= 0.6 is 24.8 Å². The lowest BCUT2D eigenvalue weighted by atomic mass is 9.88. The van der Waals surface area contributed by atoms with Gasteiger partial charge in [0.1, 0.15) is 11.5 Å². The minimum atomic E-state index is -0.103. The highest BCUT2D eigenvalue weighted by molar-refractivity contribution is 5.93. The molecular weight excluding hydrogens is 421 g/mol. The largest absolute Gasteiger partial charge is 0.456 e. The van der Waals surface area contributed by atoms with Gasteiger partial charge in [-0.25, -0.2) is 0 Å². The first-order valence-electron chi connectivity index (χ1n) is 9.46. The maximum absolute atomic E-state index is 12.9. The Morgan fingerprint density at radius 2 is 1.80 bits per heavy atom. The van der Waals surface area contributed by atoms with Crippen molar-refractivity contribution in [2.75, 3.05) is 18.4 Å². The van der Waals surface area contributed by atoms with E-state index in [1.54, 1.807) is 6.20 Å². The van der Waals surface area contributed by atoms with E-state index in [0.29, 0.717) is 18.0 Å². The fraction of sp³-hybridized carbons (Fsp3) is 0.217. The minimum absolute atomic E-state index is 0. The van der Waals surface area contributed by atoms with E-state index in [0.717, 1.165) is 17.9 Å². The zero-order valence-corrected chi connectivity index (χ0v) is 18.2. The highest BCUT2D eigenvalue weighted by Crippen LogP contribution is 2.30. The summed E-state index contributed by atoms with van der Waals surface area (Å²) < 4.78 is 5.85. The normalized spacial score (nSPS) is 17.4. The molecule has 1 amide bonds. The van der Waals surface area contributed by atoms with E-state index in [2.05, 4.69) is 27.8 Å². The summed E-state index contributed by atoms with van der Waals surface area (Å²) in [5, 5.41) is 6.39. The first-order chi connectivity index (χ1) is 13.7. The van der Waals surface area contributed by atoms with Crippen molar-refractivity contribution in [2.45, 2.75) is 12.8 Å². The van der Waals surface area contributed by atoms with Crippen LogP contribution in [0.3, 0.4) is 0 Å². The molecule has 7 heteroatoms. The number of hydrogen-bond donors (Lipinski definition) is 2. The van der Waals surface area contributed by atoms with Crippen LogP contribution < -0.4 is 15.4 Å². The molecule has 2 atom stereocenters. The lowest BCUT2D eigenvalue weighted by Gasteiger charge is -2.19. The molecule has 1 aliphatic rings. The predicted molar refractivity (Wildman–Crippen MR) is 124 cm³/mol. The second-order valence-corrected chi connectivity index (χ2v) is 7.04. The molecule has 1 aliphatic heterocycles. The molecule has 0 radical (unpaired) electrons. The van der Waals surface area contributed by atoms with Crippen LogP contribution in [0.15, 0.2) is 72.9 Å². The standard InChI is InChI=1S/C23H23N3O2.2ClH/c1-16-10-11-20(13-25-16)28-19-9-5-8-18(12-19)26-23(27)22-15-24-14-21(22)17-6-3-2-4-7-17;;/h2-13,21-22,24H,14-15H2,1H3,(H,26,27);2*1H/t21-,22+;;/m0../s1. The summed E-state index contributed by atoms with van der Waals surface area (Å²) in [4.78, 5) is 17.1. The van der Waals surface area contributed by atoms with Crippen LogP contribution in [0.5, 0.6) is 11.5 Å². The number of halogens is 2. The Morgan fingerprint density at radius 1 is 1.00 bits per heavy atom. The average molecular weight is 446 g/mol. The highest BCUT2D eigenvalue weighted by atomic mass is 35.5. The van der Waals surface area contributed by atoms with Crippen LogP contribution in [0.25, 0.3) is 0 Å². The highest BCUT2D eigenvalue weighted by Gasteiger charge is 2.33. The van der Waals surface area contributed by atoms with E-state index >= 15 is 0 Å². The molecule has 158 valence electrons. The van der Waals surface area contributed by atoms with Crippen LogP contribution in [0.1, 0.15) is 17.2 Å². The van der Waals surface area contributed by atoms with Crippen LogP contribution in [0.4, 0.5) is 5.69 Å². The Kier molecular flexibility index (Phi) is 8.66. The van der Waals surface area contributed by atoms with E-state index in [4.69, 9.17) is 4.74 Å². The third-order valence-electron chi connectivity index (χ3n) is 5.00. The summed E-state index contributed by atoms with van der Waals surface area (Å²) in [5.41, 5.74) is 2.85. The molecule has 0 unspecified atom stereocenters. The number of hydrogen-bond acceptors (Lipinski definition) is 4. The van der Waals surface area contributed by atoms with Crippen LogP contribution in [-0.4, -0.2) is 24.0 Å². The number of nitrogens with zero attached hydrogens (tertiary/aromatic N) is 1. The second kappa shape index (κ2) is 11.0. The molecule has 5 nitrogen and oxygen atoms in total. The fourth-order valence-corrected chi connectivity index (χ4v) is 3.53. The molecule has 2 aromatic carbocycles. The number of carbonyl (C=O) groups excluding carboxylic acids is 1. The Labute approximate surface area is 189 Å². The van der Waals surface area contributed by atoms with Crippen molar-refractivity contribution in [3.63, 3.8) is 0 Å². The summed E-state index contributed by atoms with van der Waals surface area (Å²) in [5.74, 6) is 1.42. The number of ether oxygens (including phenoxy) is 1. The molecule has 4 rings (SSSR count). The molecule has 3 aromatic rings. The SMILES string of the molecule is Cc1ccc(Oc2cccc(NC(=O)[C@@H]3CNC[C@H]3c3ccccc3)c2)cn1.Cl.Cl. The van der Waals surface area contributed by atoms with Gasteiger partial charge in [-0.2, -0.15) is 0 Å². The molecule has 0 spiro atoms. The number of amides is 1. The van der Waals surface area contributed by atoms with Gasteiger partial charge in [-0.05, 0) is 36.8 Å². The summed E-state index contributed by atoms with van der Waals surface area (Å²) >= 11 is 0. The molecule has 1 aromatic heterocycles. The number of rotatable bonds is 5. The molecular formula is C23H25Cl2N3O2. The van der Waals surface area contributed by atoms with E-state index in [1.807, 2.05) is 61.5 Å². The van der Waals surface area contributed by atoms with Gasteiger partial charge in [-0.15, -0.1) is 24.8 Å². The van der Waals surface area contributed by atoms with Gasteiger partial charge in [-0.1, -0.05) is 36.4 Å². The fourth-order valence-electron chi connectivity index (χ4n) is 3.53. The quantitative estimate of drug-likeness (QED) is 0.581. The molecule has 0 aliphatic carbocycles. The van der Waals surface area contributed by atoms with Gasteiger partial charge in [0.25, 0.3) is 0 Å². The number of nitrogens with one attached hydrogen (secondary N) is 2. The summed E-state index contributed by atoms with van der Waals surface area (Å²) in [7, 11) is 0. The second-order valence-electron chi connectivity index (χ2n) is 7.04. The monoisotopic (exact) mass is 445 g/mol. The van der Waals surface area contributed by atoms with Crippen molar-refractivity contribution < 1.29 is 9.53 Å². The Bertz CT molecular complexity index is 952. The van der Waals surface area contributed by atoms with Crippen molar-refractivity contribution >= 4 is 36.4 Å². The average Bonchev–Trinajstić information content (AvgIpc) is 3.21. The molecule has 2 heterocycles. The van der Waals surface area contributed by atoms with E-state index in [9.17, 15) is 4.79 Å². The Morgan fingerprint density at radius 3 is 2.53 bits per heavy atom. The van der Waals surface area contributed by atoms with Crippen molar-refractivity contribution in [3.05, 3.63) is 84.2 Å². The zero-order valence-electron chi connectivity index (χ0n) is 16.6. The van der Waals surface area contributed by atoms with Crippen molar-refractivity contribution in [3.8, 4) is 11.5 Å². The van der Waals surface area contributed by atoms with Crippen LogP contribution in [-0.2, 0) is 4.79 Å². The molecule has 1 saturated heterocycles. The summed E-state index contributed by atoms with van der Waals surface area (Å²) in [6, 6.07) is 21.4. The number of aryl methyl sites for hydroxylation is 1. The van der Waals surface area contributed by atoms with Gasteiger partial charge < -0.3 is 15.4 Å². The maximum atomic E-state index is 12.9. The molecule has 0 bridgehead atoms. The number of pyridine rings is 1.